The molecule has 1 N–H and O–H groups in total. The maximum atomic E-state index is 11.9. The highest BCUT2D eigenvalue weighted by Gasteiger charge is 2.13. The lowest BCUT2D eigenvalue weighted by molar-refractivity contribution is 0.0923. The van der Waals surface area contributed by atoms with Gasteiger partial charge in [-0.05, 0) is 30.7 Å². The quantitative estimate of drug-likeness (QED) is 0.793. The lowest BCUT2D eigenvalue weighted by Crippen LogP contribution is -2.22. The van der Waals surface area contributed by atoms with Gasteiger partial charge in [0, 0.05) is 30.2 Å². The first-order valence-electron chi connectivity index (χ1n) is 6.53. The zero-order valence-corrected chi connectivity index (χ0v) is 11.5. The van der Waals surface area contributed by atoms with Gasteiger partial charge >= 0.3 is 0 Å². The molecule has 0 bridgehead atoms. The van der Waals surface area contributed by atoms with Crippen molar-refractivity contribution in [2.45, 2.75) is 13.5 Å². The second-order valence-corrected chi connectivity index (χ2v) is 4.80. The maximum absolute atomic E-state index is 11.9. The first-order chi connectivity index (χ1) is 9.68. The normalized spacial score (nSPS) is 10.9. The Morgan fingerprint density at radius 1 is 1.25 bits per heavy atom. The van der Waals surface area contributed by atoms with Gasteiger partial charge in [-0.15, -0.1) is 0 Å². The van der Waals surface area contributed by atoms with Crippen LogP contribution >= 0.6 is 0 Å². The van der Waals surface area contributed by atoms with E-state index in [1.165, 1.54) is 17.2 Å². The van der Waals surface area contributed by atoms with Gasteiger partial charge in [0.05, 0.1) is 6.26 Å². The Balaban J connectivity index is 1.88. The number of benzene rings is 1. The molecule has 2 heterocycles. The lowest BCUT2D eigenvalue weighted by Gasteiger charge is -2.04. The Bertz CT molecular complexity index is 754. The number of rotatable bonds is 3. The molecule has 0 saturated heterocycles. The predicted octanol–water partition coefficient (Wildman–Crippen LogP) is 3.01. The number of aromatic nitrogens is 1. The van der Waals surface area contributed by atoms with E-state index in [4.69, 9.17) is 4.42 Å². The number of furan rings is 1. The van der Waals surface area contributed by atoms with Crippen LogP contribution in [0, 0.1) is 6.92 Å². The summed E-state index contributed by atoms with van der Waals surface area (Å²) in [7, 11) is 2.04. The number of aryl methyl sites for hydroxylation is 1. The van der Waals surface area contributed by atoms with Gasteiger partial charge in [0.25, 0.3) is 5.91 Å². The molecule has 0 unspecified atom stereocenters. The van der Waals surface area contributed by atoms with E-state index in [9.17, 15) is 4.79 Å². The van der Waals surface area contributed by atoms with Gasteiger partial charge in [-0.25, -0.2) is 0 Å². The fraction of sp³-hybridized carbons (Fsp3) is 0.188. The van der Waals surface area contributed by atoms with Gasteiger partial charge in [-0.2, -0.15) is 0 Å². The van der Waals surface area contributed by atoms with Crippen LogP contribution in [0.15, 0.2) is 47.1 Å². The molecule has 0 saturated carbocycles. The minimum Gasteiger partial charge on any atom is -0.459 e. The van der Waals surface area contributed by atoms with Crippen LogP contribution in [0.5, 0.6) is 0 Å². The number of nitrogens with one attached hydrogen (secondary N) is 1. The molecule has 2 aromatic heterocycles. The Kier molecular flexibility index (Phi) is 3.06. The van der Waals surface area contributed by atoms with Crippen molar-refractivity contribution in [3.05, 3.63) is 59.7 Å². The van der Waals surface area contributed by atoms with Crippen LogP contribution in [0.1, 0.15) is 21.8 Å². The van der Waals surface area contributed by atoms with E-state index >= 15 is 0 Å². The van der Waals surface area contributed by atoms with Crippen LogP contribution in [0.25, 0.3) is 10.9 Å². The number of carbonyl (C=O) groups is 1. The van der Waals surface area contributed by atoms with Crippen molar-refractivity contribution in [3.8, 4) is 0 Å². The molecule has 0 radical (unpaired) electrons. The molecule has 20 heavy (non-hydrogen) atoms. The summed E-state index contributed by atoms with van der Waals surface area (Å²) in [5.41, 5.74) is 3.47. The van der Waals surface area contributed by atoms with Crippen molar-refractivity contribution in [3.63, 3.8) is 0 Å². The average Bonchev–Trinajstić information content (AvgIpc) is 3.07. The van der Waals surface area contributed by atoms with Crippen molar-refractivity contribution in [1.82, 2.24) is 9.88 Å². The van der Waals surface area contributed by atoms with E-state index in [-0.39, 0.29) is 5.91 Å². The van der Waals surface area contributed by atoms with E-state index in [1.54, 1.807) is 12.1 Å². The number of para-hydroxylation sites is 1. The molecule has 1 amide bonds. The number of hydrogen-bond acceptors (Lipinski definition) is 2. The summed E-state index contributed by atoms with van der Waals surface area (Å²) in [4.78, 5) is 11.9. The van der Waals surface area contributed by atoms with Gasteiger partial charge in [-0.3, -0.25) is 4.79 Å². The van der Waals surface area contributed by atoms with Crippen LogP contribution in [-0.4, -0.2) is 10.5 Å². The summed E-state index contributed by atoms with van der Waals surface area (Å²) in [5, 5.41) is 4.08. The molecule has 4 nitrogen and oxygen atoms in total. The van der Waals surface area contributed by atoms with Crippen LogP contribution in [0.3, 0.4) is 0 Å². The van der Waals surface area contributed by atoms with Gasteiger partial charge in [0.2, 0.25) is 0 Å². The van der Waals surface area contributed by atoms with Crippen molar-refractivity contribution < 1.29 is 9.21 Å². The zero-order chi connectivity index (χ0) is 14.1. The first kappa shape index (κ1) is 12.5. The van der Waals surface area contributed by atoms with Gasteiger partial charge in [0.15, 0.2) is 5.76 Å². The Hall–Kier alpha value is -2.49. The Labute approximate surface area is 117 Å². The third-order valence-corrected chi connectivity index (χ3v) is 3.70. The maximum Gasteiger partial charge on any atom is 0.287 e. The third-order valence-electron chi connectivity index (χ3n) is 3.70. The molecular weight excluding hydrogens is 252 g/mol. The van der Waals surface area contributed by atoms with Gasteiger partial charge in [0.1, 0.15) is 0 Å². The molecule has 3 rings (SSSR count). The van der Waals surface area contributed by atoms with Crippen molar-refractivity contribution in [1.29, 1.82) is 0 Å². The minimum absolute atomic E-state index is 0.192. The summed E-state index contributed by atoms with van der Waals surface area (Å²) >= 11 is 0. The number of amides is 1. The van der Waals surface area contributed by atoms with E-state index in [1.807, 2.05) is 19.2 Å². The monoisotopic (exact) mass is 268 g/mol. The number of carbonyl (C=O) groups excluding carboxylic acids is 1. The fourth-order valence-electron chi connectivity index (χ4n) is 2.49. The molecule has 0 fully saturated rings. The predicted molar refractivity (Wildman–Crippen MR) is 77.5 cm³/mol. The number of nitrogens with zero attached hydrogens (tertiary/aromatic N) is 1. The van der Waals surface area contributed by atoms with E-state index in [0.29, 0.717) is 12.3 Å². The molecule has 102 valence electrons. The van der Waals surface area contributed by atoms with Crippen molar-refractivity contribution >= 4 is 16.8 Å². The molecule has 0 aliphatic carbocycles. The third kappa shape index (κ3) is 1.99. The number of fused-ring (bicyclic) bond motifs is 1. The zero-order valence-electron chi connectivity index (χ0n) is 11.5. The van der Waals surface area contributed by atoms with Crippen LogP contribution in [0.2, 0.25) is 0 Å². The Morgan fingerprint density at radius 3 is 2.80 bits per heavy atom. The molecule has 0 aliphatic rings. The molecule has 0 spiro atoms. The highest BCUT2D eigenvalue weighted by atomic mass is 16.3. The van der Waals surface area contributed by atoms with Crippen LogP contribution in [-0.2, 0) is 13.6 Å². The van der Waals surface area contributed by atoms with Crippen molar-refractivity contribution in [2.75, 3.05) is 0 Å². The summed E-state index contributed by atoms with van der Waals surface area (Å²) in [5.74, 6) is 0.144. The second kappa shape index (κ2) is 4.89. The number of hydrogen-bond donors (Lipinski definition) is 1. The van der Waals surface area contributed by atoms with Crippen LogP contribution in [0.4, 0.5) is 0 Å². The van der Waals surface area contributed by atoms with Gasteiger partial charge in [-0.1, -0.05) is 18.2 Å². The van der Waals surface area contributed by atoms with E-state index in [0.717, 1.165) is 11.3 Å². The summed E-state index contributed by atoms with van der Waals surface area (Å²) in [6.45, 7) is 2.56. The van der Waals surface area contributed by atoms with E-state index in [2.05, 4.69) is 28.9 Å². The molecule has 3 aromatic rings. The first-order valence-corrected chi connectivity index (χ1v) is 6.53. The topological polar surface area (TPSA) is 47.2 Å². The molecule has 0 aliphatic heterocycles. The molecule has 1 aromatic carbocycles. The average molecular weight is 268 g/mol. The van der Waals surface area contributed by atoms with Gasteiger partial charge < -0.3 is 14.3 Å². The summed E-state index contributed by atoms with van der Waals surface area (Å²) in [6, 6.07) is 11.6. The highest BCUT2D eigenvalue weighted by Crippen LogP contribution is 2.24. The second-order valence-electron chi connectivity index (χ2n) is 4.80. The minimum atomic E-state index is -0.192. The molecular formula is C16H16N2O2. The Morgan fingerprint density at radius 2 is 2.05 bits per heavy atom. The van der Waals surface area contributed by atoms with Crippen molar-refractivity contribution in [2.24, 2.45) is 7.05 Å². The fourth-order valence-corrected chi connectivity index (χ4v) is 2.49. The summed E-state index contributed by atoms with van der Waals surface area (Å²) in [6.07, 6.45) is 1.50. The molecule has 4 heteroatoms. The largest absolute Gasteiger partial charge is 0.459 e. The lowest BCUT2D eigenvalue weighted by atomic mass is 10.1. The highest BCUT2D eigenvalue weighted by molar-refractivity contribution is 5.92. The SMILES string of the molecule is Cc1c(CNC(=O)c2ccco2)c2ccccc2n1C. The summed E-state index contributed by atoms with van der Waals surface area (Å²) < 4.78 is 7.23. The smallest absolute Gasteiger partial charge is 0.287 e. The standard InChI is InChI=1S/C16H16N2O2/c1-11-13(10-17-16(19)15-8-5-9-20-15)12-6-3-4-7-14(12)18(11)2/h3-9H,10H2,1-2H3,(H,17,19). The van der Waals surface area contributed by atoms with E-state index < -0.39 is 0 Å². The molecule has 0 atom stereocenters. The van der Waals surface area contributed by atoms with Crippen LogP contribution < -0.4 is 5.32 Å².